The first kappa shape index (κ1) is 25.6. The highest BCUT2D eigenvalue weighted by Crippen LogP contribution is 2.33. The van der Waals surface area contributed by atoms with Crippen molar-refractivity contribution >= 4 is 17.6 Å². The third kappa shape index (κ3) is 6.57. The van der Waals surface area contributed by atoms with E-state index in [-0.39, 0.29) is 18.9 Å². The zero-order chi connectivity index (χ0) is 25.2. The second kappa shape index (κ2) is 13.0. The van der Waals surface area contributed by atoms with Gasteiger partial charge in [-0.25, -0.2) is 14.8 Å². The summed E-state index contributed by atoms with van der Waals surface area (Å²) in [5.74, 6) is -0.0205. The molecule has 0 aliphatic carbocycles. The van der Waals surface area contributed by atoms with Crippen molar-refractivity contribution in [3.8, 4) is 11.1 Å². The van der Waals surface area contributed by atoms with Gasteiger partial charge in [0.05, 0.1) is 12.2 Å². The summed E-state index contributed by atoms with van der Waals surface area (Å²) in [5, 5.41) is 6.79. The largest absolute Gasteiger partial charge is 0.447 e. The number of nitrogens with two attached hydrogens (primary N) is 1. The maximum Gasteiger partial charge on any atom is 0.429 e. The van der Waals surface area contributed by atoms with Crippen LogP contribution in [0.1, 0.15) is 28.8 Å². The highest BCUT2D eigenvalue weighted by molar-refractivity contribution is 5.97. The maximum atomic E-state index is 13.4. The number of piperidine rings is 1. The van der Waals surface area contributed by atoms with Gasteiger partial charge in [-0.15, -0.1) is 0 Å². The smallest absolute Gasteiger partial charge is 0.429 e. The van der Waals surface area contributed by atoms with Crippen molar-refractivity contribution in [3.63, 3.8) is 0 Å². The van der Waals surface area contributed by atoms with Crippen molar-refractivity contribution in [1.29, 1.82) is 0 Å². The van der Waals surface area contributed by atoms with Crippen LogP contribution >= 0.6 is 0 Å². The summed E-state index contributed by atoms with van der Waals surface area (Å²) >= 11 is 0. The van der Waals surface area contributed by atoms with Gasteiger partial charge >= 0.3 is 6.09 Å². The van der Waals surface area contributed by atoms with Gasteiger partial charge in [0.25, 0.3) is 0 Å². The molecule has 3 N–H and O–H groups in total. The zero-order valence-electron chi connectivity index (χ0n) is 20.4. The number of hydrogen-bond donors (Lipinski definition) is 2. The van der Waals surface area contributed by atoms with Crippen molar-refractivity contribution < 1.29 is 14.3 Å². The highest BCUT2D eigenvalue weighted by Gasteiger charge is 2.28. The molecule has 0 bridgehead atoms. The second-order valence-electron chi connectivity index (χ2n) is 8.63. The zero-order valence-corrected chi connectivity index (χ0v) is 20.4. The molecular formula is C29H33N4O3. The number of para-hydroxylation sites is 1. The molecule has 3 aromatic rings. The molecule has 0 aromatic heterocycles. The van der Waals surface area contributed by atoms with Crippen molar-refractivity contribution in [1.82, 2.24) is 10.3 Å². The van der Waals surface area contributed by atoms with Gasteiger partial charge in [0.1, 0.15) is 6.61 Å². The summed E-state index contributed by atoms with van der Waals surface area (Å²) in [7, 11) is 0. The standard InChI is InChI=1S/C29H33N4O3/c30-21-23-13-15-25(16-14-23)28(34)22-31-17-20-36-29(35)33(32-18-7-2-8-19-32)27-12-6-5-11-26(27)24-9-3-1-4-10-24/h1-6,9-16,31H,7-8,17-22,30H2. The number of nitrogens with one attached hydrogen (secondary N) is 1. The monoisotopic (exact) mass is 485 g/mol. The number of rotatable bonds is 10. The number of ether oxygens (including phenoxy) is 1. The van der Waals surface area contributed by atoms with Gasteiger partial charge < -0.3 is 15.8 Å². The molecule has 0 atom stereocenters. The molecule has 3 aromatic carbocycles. The van der Waals surface area contributed by atoms with E-state index in [4.69, 9.17) is 10.5 Å². The summed E-state index contributed by atoms with van der Waals surface area (Å²) in [5.41, 5.74) is 10.0. The molecular weight excluding hydrogens is 452 g/mol. The Kier molecular flexibility index (Phi) is 9.21. The van der Waals surface area contributed by atoms with Crippen LogP contribution in [-0.2, 0) is 11.3 Å². The molecule has 36 heavy (non-hydrogen) atoms. The van der Waals surface area contributed by atoms with Crippen molar-refractivity contribution in [2.75, 3.05) is 37.8 Å². The Morgan fingerprint density at radius 2 is 1.61 bits per heavy atom. The molecule has 187 valence electrons. The molecule has 1 heterocycles. The molecule has 0 saturated carbocycles. The van der Waals surface area contributed by atoms with Crippen LogP contribution < -0.4 is 16.1 Å². The lowest BCUT2D eigenvalue weighted by molar-refractivity contribution is 0.0987. The molecule has 1 radical (unpaired) electrons. The molecule has 1 fully saturated rings. The summed E-state index contributed by atoms with van der Waals surface area (Å²) in [6.07, 6.45) is 3.64. The lowest BCUT2D eigenvalue weighted by atomic mass is 10.0. The molecule has 7 heteroatoms. The number of ketones is 1. The van der Waals surface area contributed by atoms with E-state index < -0.39 is 6.09 Å². The molecule has 7 nitrogen and oxygen atoms in total. The lowest BCUT2D eigenvalue weighted by Gasteiger charge is -2.37. The number of benzene rings is 3. The molecule has 1 amide bonds. The summed E-state index contributed by atoms with van der Waals surface area (Å²) in [4.78, 5) is 25.7. The number of hydrazine groups is 1. The van der Waals surface area contributed by atoms with Crippen molar-refractivity contribution in [2.45, 2.75) is 19.4 Å². The van der Waals surface area contributed by atoms with E-state index in [1.807, 2.05) is 71.7 Å². The van der Waals surface area contributed by atoms with Gasteiger partial charge in [0.2, 0.25) is 0 Å². The van der Waals surface area contributed by atoms with Gasteiger partial charge in [-0.1, -0.05) is 72.8 Å². The first-order valence-corrected chi connectivity index (χ1v) is 12.4. The van der Waals surface area contributed by atoms with E-state index in [2.05, 4.69) is 11.7 Å². The number of amides is 1. The number of carbonyl (C=O) groups excluding carboxylic acids is 2. The average Bonchev–Trinajstić information content (AvgIpc) is 2.94. The van der Waals surface area contributed by atoms with Gasteiger partial charge in [-0.3, -0.25) is 4.79 Å². The Hall–Kier alpha value is -3.52. The van der Waals surface area contributed by atoms with Crippen LogP contribution in [0.4, 0.5) is 10.5 Å². The second-order valence-corrected chi connectivity index (χ2v) is 8.63. The van der Waals surface area contributed by atoms with Crippen LogP contribution in [-0.4, -0.2) is 49.7 Å². The van der Waals surface area contributed by atoms with Crippen LogP contribution in [0, 0.1) is 6.42 Å². The average molecular weight is 486 g/mol. The van der Waals surface area contributed by atoms with E-state index in [1.54, 1.807) is 17.1 Å². The minimum Gasteiger partial charge on any atom is -0.447 e. The topological polar surface area (TPSA) is 87.9 Å². The van der Waals surface area contributed by atoms with Crippen LogP contribution in [0.25, 0.3) is 11.1 Å². The first-order chi connectivity index (χ1) is 17.7. The Morgan fingerprint density at radius 1 is 0.917 bits per heavy atom. The molecule has 0 unspecified atom stereocenters. The third-order valence-electron chi connectivity index (χ3n) is 6.16. The van der Waals surface area contributed by atoms with Gasteiger partial charge in [-0.05, 0) is 36.5 Å². The number of Topliss-reactive ketones (excluding diaryl/α,β-unsaturated/α-hetero) is 1. The lowest BCUT2D eigenvalue weighted by Crippen LogP contribution is -2.50. The minimum absolute atomic E-state index is 0.0205. The van der Waals surface area contributed by atoms with Crippen molar-refractivity contribution in [2.24, 2.45) is 5.73 Å². The summed E-state index contributed by atoms with van der Waals surface area (Å²) in [6.45, 7) is 2.63. The number of carbonyl (C=O) groups is 2. The first-order valence-electron chi connectivity index (χ1n) is 12.4. The SMILES string of the molecule is NCc1ccc(C(=O)CNCCOC(=O)N(c2ccccc2-c2ccccc2)N2CC[CH]CC2)cc1. The molecule has 4 rings (SSSR count). The number of nitrogens with zero attached hydrogens (tertiary/aromatic N) is 2. The highest BCUT2D eigenvalue weighted by atomic mass is 16.6. The van der Waals surface area contributed by atoms with E-state index in [0.717, 1.165) is 48.3 Å². The van der Waals surface area contributed by atoms with Gasteiger partial charge in [-0.2, -0.15) is 0 Å². The van der Waals surface area contributed by atoms with Crippen LogP contribution in [0.5, 0.6) is 0 Å². The Bertz CT molecular complexity index is 1130. The predicted molar refractivity (Wildman–Crippen MR) is 142 cm³/mol. The molecule has 0 spiro atoms. The fourth-order valence-corrected chi connectivity index (χ4v) is 4.23. The van der Waals surface area contributed by atoms with Crippen molar-refractivity contribution in [3.05, 3.63) is 96.4 Å². The maximum absolute atomic E-state index is 13.4. The van der Waals surface area contributed by atoms with Gasteiger partial charge in [0.15, 0.2) is 5.78 Å². The van der Waals surface area contributed by atoms with E-state index in [9.17, 15) is 9.59 Å². The van der Waals surface area contributed by atoms with Crippen LogP contribution in [0.3, 0.4) is 0 Å². The normalized spacial score (nSPS) is 13.8. The number of hydrogen-bond acceptors (Lipinski definition) is 6. The third-order valence-corrected chi connectivity index (χ3v) is 6.16. The quantitative estimate of drug-likeness (QED) is 0.326. The minimum atomic E-state index is -0.425. The van der Waals surface area contributed by atoms with E-state index in [0.29, 0.717) is 18.7 Å². The predicted octanol–water partition coefficient (Wildman–Crippen LogP) is 4.44. The molecule has 1 saturated heterocycles. The van der Waals surface area contributed by atoms with Gasteiger partial charge in [0, 0.05) is 37.3 Å². The molecule has 1 aliphatic rings. The van der Waals surface area contributed by atoms with E-state index in [1.165, 1.54) is 0 Å². The summed E-state index contributed by atoms with van der Waals surface area (Å²) < 4.78 is 5.67. The van der Waals surface area contributed by atoms with Crippen LogP contribution in [0.15, 0.2) is 78.9 Å². The Labute approximate surface area is 212 Å². The Morgan fingerprint density at radius 3 is 2.33 bits per heavy atom. The summed E-state index contributed by atoms with van der Waals surface area (Å²) in [6, 6.07) is 25.2. The van der Waals surface area contributed by atoms with Crippen LogP contribution in [0.2, 0.25) is 0 Å². The molecule has 1 aliphatic heterocycles. The number of anilines is 1. The fraction of sp³-hybridized carbons (Fsp3) is 0.276. The fourth-order valence-electron chi connectivity index (χ4n) is 4.23. The van der Waals surface area contributed by atoms with E-state index >= 15 is 0 Å². The Balaban J connectivity index is 1.38.